The average Bonchev–Trinajstić information content (AvgIpc) is 2.85. The van der Waals surface area contributed by atoms with Gasteiger partial charge in [-0.05, 0) is 24.6 Å². The SMILES string of the molecule is COc1ccc(F)cc1CSCC(=O)N1CCCC1=O. The highest BCUT2D eigenvalue weighted by atomic mass is 32.2. The minimum Gasteiger partial charge on any atom is -0.496 e. The lowest BCUT2D eigenvalue weighted by Crippen LogP contribution is -2.33. The standard InChI is InChI=1S/C14H16FNO3S/c1-19-12-5-4-11(15)7-10(12)8-20-9-14(18)16-6-2-3-13(16)17/h4-5,7H,2-3,6,8-9H2,1H3. The second kappa shape index (κ2) is 6.74. The second-order valence-corrected chi connectivity index (χ2v) is 5.48. The second-order valence-electron chi connectivity index (χ2n) is 4.49. The van der Waals surface area contributed by atoms with Gasteiger partial charge in [-0.1, -0.05) is 0 Å². The molecule has 4 nitrogen and oxygen atoms in total. The maximum absolute atomic E-state index is 13.2. The zero-order valence-corrected chi connectivity index (χ0v) is 12.0. The summed E-state index contributed by atoms with van der Waals surface area (Å²) in [6.07, 6.45) is 1.20. The first kappa shape index (κ1) is 14.8. The fourth-order valence-electron chi connectivity index (χ4n) is 2.10. The van der Waals surface area contributed by atoms with E-state index in [1.165, 1.54) is 35.9 Å². The van der Waals surface area contributed by atoms with Crippen molar-refractivity contribution in [2.24, 2.45) is 0 Å². The molecule has 1 saturated heterocycles. The number of carbonyl (C=O) groups excluding carboxylic acids is 2. The fourth-order valence-corrected chi connectivity index (χ4v) is 2.98. The summed E-state index contributed by atoms with van der Waals surface area (Å²) in [5.41, 5.74) is 0.707. The molecule has 1 aliphatic heterocycles. The van der Waals surface area contributed by atoms with Crippen molar-refractivity contribution in [3.8, 4) is 5.75 Å². The van der Waals surface area contributed by atoms with Crippen LogP contribution in [0, 0.1) is 5.82 Å². The van der Waals surface area contributed by atoms with E-state index >= 15 is 0 Å². The highest BCUT2D eigenvalue weighted by molar-refractivity contribution is 7.99. The molecule has 1 aromatic rings. The molecule has 1 aliphatic rings. The van der Waals surface area contributed by atoms with E-state index < -0.39 is 0 Å². The highest BCUT2D eigenvalue weighted by Gasteiger charge is 2.25. The average molecular weight is 297 g/mol. The molecule has 2 amide bonds. The van der Waals surface area contributed by atoms with Crippen LogP contribution in [0.3, 0.4) is 0 Å². The van der Waals surface area contributed by atoms with Crippen LogP contribution in [0.15, 0.2) is 18.2 Å². The number of rotatable bonds is 5. The lowest BCUT2D eigenvalue weighted by atomic mass is 10.2. The Bertz CT molecular complexity index is 521. The smallest absolute Gasteiger partial charge is 0.239 e. The first-order valence-electron chi connectivity index (χ1n) is 6.35. The highest BCUT2D eigenvalue weighted by Crippen LogP contribution is 2.24. The van der Waals surface area contributed by atoms with Crippen LogP contribution in [-0.2, 0) is 15.3 Å². The van der Waals surface area contributed by atoms with E-state index in [2.05, 4.69) is 0 Å². The molecule has 108 valence electrons. The van der Waals surface area contributed by atoms with E-state index in [1.54, 1.807) is 6.07 Å². The molecule has 0 saturated carbocycles. The Labute approximate surface area is 121 Å². The van der Waals surface area contributed by atoms with Gasteiger partial charge in [-0.3, -0.25) is 14.5 Å². The van der Waals surface area contributed by atoms with Crippen LogP contribution in [0.2, 0.25) is 0 Å². The number of halogens is 1. The van der Waals surface area contributed by atoms with E-state index in [0.717, 1.165) is 6.42 Å². The normalized spacial score (nSPS) is 14.7. The Hall–Kier alpha value is -1.56. The molecular weight excluding hydrogens is 281 g/mol. The molecule has 0 aliphatic carbocycles. The van der Waals surface area contributed by atoms with Gasteiger partial charge in [0.05, 0.1) is 12.9 Å². The number of ether oxygens (including phenoxy) is 1. The van der Waals surface area contributed by atoms with Crippen LogP contribution in [0.5, 0.6) is 5.75 Å². The molecule has 0 bridgehead atoms. The Balaban J connectivity index is 1.88. The van der Waals surface area contributed by atoms with Crippen molar-refractivity contribution in [2.45, 2.75) is 18.6 Å². The summed E-state index contributed by atoms with van der Waals surface area (Å²) in [5, 5.41) is 0. The van der Waals surface area contributed by atoms with Gasteiger partial charge in [0.25, 0.3) is 0 Å². The molecule has 1 fully saturated rings. The number of nitrogens with zero attached hydrogens (tertiary/aromatic N) is 1. The summed E-state index contributed by atoms with van der Waals surface area (Å²) in [4.78, 5) is 24.6. The van der Waals surface area contributed by atoms with Gasteiger partial charge in [-0.2, -0.15) is 0 Å². The lowest BCUT2D eigenvalue weighted by molar-refractivity contribution is -0.140. The monoisotopic (exact) mass is 297 g/mol. The van der Waals surface area contributed by atoms with E-state index in [9.17, 15) is 14.0 Å². The van der Waals surface area contributed by atoms with Crippen molar-refractivity contribution in [3.63, 3.8) is 0 Å². The minimum absolute atomic E-state index is 0.0982. The summed E-state index contributed by atoms with van der Waals surface area (Å²) in [6, 6.07) is 4.30. The molecule has 0 N–H and O–H groups in total. The van der Waals surface area contributed by atoms with Crippen molar-refractivity contribution in [1.29, 1.82) is 0 Å². The molecule has 6 heteroatoms. The molecule has 1 heterocycles. The van der Waals surface area contributed by atoms with Crippen molar-refractivity contribution < 1.29 is 18.7 Å². The molecule has 1 aromatic carbocycles. The topological polar surface area (TPSA) is 46.6 Å². The van der Waals surface area contributed by atoms with Crippen LogP contribution < -0.4 is 4.74 Å². The summed E-state index contributed by atoms with van der Waals surface area (Å²) >= 11 is 1.35. The zero-order valence-electron chi connectivity index (χ0n) is 11.2. The third-order valence-electron chi connectivity index (χ3n) is 3.10. The maximum atomic E-state index is 13.2. The Morgan fingerprint density at radius 1 is 1.50 bits per heavy atom. The number of hydrogen-bond acceptors (Lipinski definition) is 4. The Morgan fingerprint density at radius 3 is 2.95 bits per heavy atom. The molecule has 2 rings (SSSR count). The summed E-state index contributed by atoms with van der Waals surface area (Å²) in [5.74, 6) is 0.679. The van der Waals surface area contributed by atoms with E-state index in [1.807, 2.05) is 0 Å². The molecule has 0 spiro atoms. The van der Waals surface area contributed by atoms with Gasteiger partial charge < -0.3 is 4.74 Å². The number of likely N-dealkylation sites (tertiary alicyclic amines) is 1. The quantitative estimate of drug-likeness (QED) is 0.836. The largest absolute Gasteiger partial charge is 0.496 e. The first-order valence-corrected chi connectivity index (χ1v) is 7.50. The van der Waals surface area contributed by atoms with Gasteiger partial charge in [-0.15, -0.1) is 11.8 Å². The predicted octanol–water partition coefficient (Wildman–Crippen LogP) is 2.22. The van der Waals surface area contributed by atoms with E-state index in [-0.39, 0.29) is 23.4 Å². The number of imide groups is 1. The van der Waals surface area contributed by atoms with Crippen LogP contribution in [0.1, 0.15) is 18.4 Å². The third-order valence-corrected chi connectivity index (χ3v) is 4.07. The number of methoxy groups -OCH3 is 1. The molecule has 0 atom stereocenters. The van der Waals surface area contributed by atoms with Crippen LogP contribution >= 0.6 is 11.8 Å². The summed E-state index contributed by atoms with van der Waals surface area (Å²) in [7, 11) is 1.52. The summed E-state index contributed by atoms with van der Waals surface area (Å²) < 4.78 is 18.3. The van der Waals surface area contributed by atoms with Crippen LogP contribution in [0.25, 0.3) is 0 Å². The number of carbonyl (C=O) groups is 2. The number of amides is 2. The van der Waals surface area contributed by atoms with Gasteiger partial charge in [0, 0.05) is 24.3 Å². The van der Waals surface area contributed by atoms with E-state index in [4.69, 9.17) is 4.74 Å². The number of benzene rings is 1. The fraction of sp³-hybridized carbons (Fsp3) is 0.429. The van der Waals surface area contributed by atoms with Crippen molar-refractivity contribution in [2.75, 3.05) is 19.4 Å². The van der Waals surface area contributed by atoms with Gasteiger partial charge in [0.2, 0.25) is 11.8 Å². The van der Waals surface area contributed by atoms with Gasteiger partial charge >= 0.3 is 0 Å². The zero-order chi connectivity index (χ0) is 14.5. The lowest BCUT2D eigenvalue weighted by Gasteiger charge is -2.13. The third kappa shape index (κ3) is 3.50. The molecule has 20 heavy (non-hydrogen) atoms. The summed E-state index contributed by atoms with van der Waals surface area (Å²) in [6.45, 7) is 0.515. The number of thioether (sulfide) groups is 1. The van der Waals surface area contributed by atoms with E-state index in [0.29, 0.717) is 30.0 Å². The van der Waals surface area contributed by atoms with Gasteiger partial charge in [0.15, 0.2) is 0 Å². The molecular formula is C14H16FNO3S. The molecule has 0 aromatic heterocycles. The van der Waals surface area contributed by atoms with Gasteiger partial charge in [-0.25, -0.2) is 4.39 Å². The molecule has 0 radical (unpaired) electrons. The first-order chi connectivity index (χ1) is 9.61. The number of hydrogen-bond donors (Lipinski definition) is 0. The van der Waals surface area contributed by atoms with Crippen molar-refractivity contribution in [3.05, 3.63) is 29.6 Å². The minimum atomic E-state index is -0.331. The Morgan fingerprint density at radius 2 is 2.30 bits per heavy atom. The van der Waals surface area contributed by atoms with Gasteiger partial charge in [0.1, 0.15) is 11.6 Å². The Kier molecular flexibility index (Phi) is 5.00. The van der Waals surface area contributed by atoms with Crippen molar-refractivity contribution >= 4 is 23.6 Å². The van der Waals surface area contributed by atoms with Crippen LogP contribution in [0.4, 0.5) is 4.39 Å². The molecule has 0 unspecified atom stereocenters. The maximum Gasteiger partial charge on any atom is 0.239 e. The van der Waals surface area contributed by atoms with Crippen LogP contribution in [-0.4, -0.2) is 36.1 Å². The van der Waals surface area contributed by atoms with Crippen molar-refractivity contribution in [1.82, 2.24) is 4.90 Å². The predicted molar refractivity (Wildman–Crippen MR) is 75.1 cm³/mol.